The molecule has 0 aromatic carbocycles. The van der Waals surface area contributed by atoms with E-state index in [-0.39, 0.29) is 5.19 Å². The standard InChI is InChI=1S/C8H13F2N3OS/c1-2-3-11-4-7-12-13-8(15-7)14-5-6(9)10/h6,11H,2-5H2,1H3. The fraction of sp³-hybridized carbons (Fsp3) is 0.750. The highest BCUT2D eigenvalue weighted by Crippen LogP contribution is 2.17. The molecular formula is C8H13F2N3OS. The molecule has 1 aromatic heterocycles. The van der Waals surface area contributed by atoms with Gasteiger partial charge in [-0.1, -0.05) is 18.3 Å². The summed E-state index contributed by atoms with van der Waals surface area (Å²) in [5.74, 6) is 0. The van der Waals surface area contributed by atoms with Crippen molar-refractivity contribution in [3.05, 3.63) is 5.01 Å². The van der Waals surface area contributed by atoms with Crippen LogP contribution in [0.5, 0.6) is 5.19 Å². The molecule has 1 heterocycles. The predicted molar refractivity (Wildman–Crippen MR) is 53.4 cm³/mol. The predicted octanol–water partition coefficient (Wildman–Crippen LogP) is 1.68. The Morgan fingerprint density at radius 3 is 2.93 bits per heavy atom. The first kappa shape index (κ1) is 12.3. The first-order chi connectivity index (χ1) is 7.22. The van der Waals surface area contributed by atoms with Crippen LogP contribution in [0.15, 0.2) is 0 Å². The molecule has 7 heteroatoms. The van der Waals surface area contributed by atoms with Crippen molar-refractivity contribution < 1.29 is 13.5 Å². The molecular weight excluding hydrogens is 224 g/mol. The second-order valence-corrected chi connectivity index (χ2v) is 3.87. The van der Waals surface area contributed by atoms with Crippen LogP contribution in [0.2, 0.25) is 0 Å². The Morgan fingerprint density at radius 2 is 2.27 bits per heavy atom. The van der Waals surface area contributed by atoms with Crippen LogP contribution in [0.3, 0.4) is 0 Å². The van der Waals surface area contributed by atoms with Gasteiger partial charge in [0.2, 0.25) is 0 Å². The summed E-state index contributed by atoms with van der Waals surface area (Å²) in [5.41, 5.74) is 0. The quantitative estimate of drug-likeness (QED) is 0.733. The number of nitrogens with one attached hydrogen (secondary N) is 1. The zero-order valence-corrected chi connectivity index (χ0v) is 9.19. The van der Waals surface area contributed by atoms with Gasteiger partial charge in [0.25, 0.3) is 11.6 Å². The Bertz CT molecular complexity index is 283. The van der Waals surface area contributed by atoms with E-state index in [2.05, 4.69) is 22.4 Å². The van der Waals surface area contributed by atoms with Gasteiger partial charge in [-0.3, -0.25) is 0 Å². The smallest absolute Gasteiger partial charge is 0.294 e. The van der Waals surface area contributed by atoms with Crippen molar-refractivity contribution in [1.82, 2.24) is 15.5 Å². The van der Waals surface area contributed by atoms with E-state index in [4.69, 9.17) is 4.74 Å². The van der Waals surface area contributed by atoms with Crippen molar-refractivity contribution in [2.45, 2.75) is 26.3 Å². The minimum Gasteiger partial charge on any atom is -0.463 e. The van der Waals surface area contributed by atoms with Gasteiger partial charge < -0.3 is 10.1 Å². The highest BCUT2D eigenvalue weighted by Gasteiger charge is 2.08. The van der Waals surface area contributed by atoms with Crippen LogP contribution < -0.4 is 10.1 Å². The minimum atomic E-state index is -2.48. The molecule has 15 heavy (non-hydrogen) atoms. The van der Waals surface area contributed by atoms with Crippen molar-refractivity contribution in [3.8, 4) is 5.19 Å². The molecule has 86 valence electrons. The van der Waals surface area contributed by atoms with Crippen LogP contribution in [0.25, 0.3) is 0 Å². The highest BCUT2D eigenvalue weighted by molar-refractivity contribution is 7.13. The molecule has 0 aliphatic carbocycles. The van der Waals surface area contributed by atoms with Gasteiger partial charge in [0.05, 0.1) is 0 Å². The third-order valence-electron chi connectivity index (χ3n) is 1.48. The number of hydrogen-bond acceptors (Lipinski definition) is 5. The summed E-state index contributed by atoms with van der Waals surface area (Å²) in [6.07, 6.45) is -1.44. The van der Waals surface area contributed by atoms with Gasteiger partial charge in [0.1, 0.15) is 5.01 Å². The molecule has 1 rings (SSSR count). The second-order valence-electron chi connectivity index (χ2n) is 2.84. The maximum Gasteiger partial charge on any atom is 0.294 e. The van der Waals surface area contributed by atoms with Crippen molar-refractivity contribution in [2.24, 2.45) is 0 Å². The second kappa shape index (κ2) is 6.62. The molecule has 0 aliphatic heterocycles. The van der Waals surface area contributed by atoms with E-state index in [0.717, 1.165) is 18.0 Å². The SMILES string of the molecule is CCCNCc1nnc(OCC(F)F)s1. The fourth-order valence-electron chi connectivity index (χ4n) is 0.874. The zero-order valence-electron chi connectivity index (χ0n) is 8.37. The van der Waals surface area contributed by atoms with Gasteiger partial charge in [0, 0.05) is 6.54 Å². The molecule has 0 atom stereocenters. The number of hydrogen-bond donors (Lipinski definition) is 1. The van der Waals surface area contributed by atoms with Gasteiger partial charge in [0.15, 0.2) is 6.61 Å². The Morgan fingerprint density at radius 1 is 1.47 bits per heavy atom. The van der Waals surface area contributed by atoms with Crippen LogP contribution in [0, 0.1) is 0 Å². The maximum absolute atomic E-state index is 11.8. The molecule has 0 saturated heterocycles. The lowest BCUT2D eigenvalue weighted by atomic mass is 10.5. The largest absolute Gasteiger partial charge is 0.463 e. The number of rotatable bonds is 7. The third-order valence-corrected chi connectivity index (χ3v) is 2.32. The average molecular weight is 237 g/mol. The summed E-state index contributed by atoms with van der Waals surface area (Å²) >= 11 is 1.19. The highest BCUT2D eigenvalue weighted by atomic mass is 32.1. The number of ether oxygens (including phenoxy) is 1. The summed E-state index contributed by atoms with van der Waals surface area (Å²) in [6.45, 7) is 2.93. The topological polar surface area (TPSA) is 47.0 Å². The molecule has 0 aliphatic rings. The summed E-state index contributed by atoms with van der Waals surface area (Å²) in [7, 11) is 0. The van der Waals surface area contributed by atoms with Crippen molar-refractivity contribution in [1.29, 1.82) is 0 Å². The number of aromatic nitrogens is 2. The first-order valence-corrected chi connectivity index (χ1v) is 5.48. The van der Waals surface area contributed by atoms with Crippen LogP contribution >= 0.6 is 11.3 Å². The van der Waals surface area contributed by atoms with E-state index in [1.54, 1.807) is 0 Å². The lowest BCUT2D eigenvalue weighted by molar-refractivity contribution is 0.0814. The molecule has 0 unspecified atom stereocenters. The van der Waals surface area contributed by atoms with E-state index >= 15 is 0 Å². The molecule has 0 spiro atoms. The van der Waals surface area contributed by atoms with E-state index < -0.39 is 13.0 Å². The van der Waals surface area contributed by atoms with E-state index in [9.17, 15) is 8.78 Å². The molecule has 0 fully saturated rings. The fourth-order valence-corrected chi connectivity index (χ4v) is 1.54. The summed E-state index contributed by atoms with van der Waals surface area (Å²) in [5, 5.41) is 11.5. The van der Waals surface area contributed by atoms with Crippen LogP contribution in [0.4, 0.5) is 8.78 Å². The number of alkyl halides is 2. The first-order valence-electron chi connectivity index (χ1n) is 4.66. The molecule has 1 aromatic rings. The molecule has 0 radical (unpaired) electrons. The molecule has 1 N–H and O–H groups in total. The summed E-state index contributed by atoms with van der Waals surface area (Å²) in [4.78, 5) is 0. The minimum absolute atomic E-state index is 0.198. The number of halogens is 2. The van der Waals surface area contributed by atoms with Crippen LogP contribution in [0.1, 0.15) is 18.4 Å². The maximum atomic E-state index is 11.8. The molecule has 4 nitrogen and oxygen atoms in total. The normalized spacial score (nSPS) is 10.9. The van der Waals surface area contributed by atoms with Crippen molar-refractivity contribution in [2.75, 3.05) is 13.2 Å². The van der Waals surface area contributed by atoms with Crippen molar-refractivity contribution >= 4 is 11.3 Å². The Hall–Kier alpha value is -0.820. The monoisotopic (exact) mass is 237 g/mol. The Labute approximate surface area is 90.7 Å². The zero-order chi connectivity index (χ0) is 11.1. The van der Waals surface area contributed by atoms with Crippen molar-refractivity contribution in [3.63, 3.8) is 0 Å². The Kier molecular flexibility index (Phi) is 5.41. The van der Waals surface area contributed by atoms with E-state index in [0.29, 0.717) is 6.54 Å². The summed E-state index contributed by atoms with van der Waals surface area (Å²) in [6, 6.07) is 0. The molecule has 0 bridgehead atoms. The van der Waals surface area contributed by atoms with Crippen LogP contribution in [-0.4, -0.2) is 29.8 Å². The van der Waals surface area contributed by atoms with Gasteiger partial charge in [-0.25, -0.2) is 8.78 Å². The lowest BCUT2D eigenvalue weighted by Gasteiger charge is -1.98. The average Bonchev–Trinajstić information content (AvgIpc) is 2.63. The lowest BCUT2D eigenvalue weighted by Crippen LogP contribution is -2.13. The number of nitrogens with zero attached hydrogens (tertiary/aromatic N) is 2. The molecule has 0 amide bonds. The van der Waals surface area contributed by atoms with Gasteiger partial charge in [-0.05, 0) is 13.0 Å². The van der Waals surface area contributed by atoms with E-state index in [1.807, 2.05) is 0 Å². The summed E-state index contributed by atoms with van der Waals surface area (Å²) < 4.78 is 28.3. The van der Waals surface area contributed by atoms with Gasteiger partial charge in [-0.2, -0.15) is 0 Å². The van der Waals surface area contributed by atoms with Gasteiger partial charge >= 0.3 is 0 Å². The molecule has 0 saturated carbocycles. The van der Waals surface area contributed by atoms with Gasteiger partial charge in [-0.15, -0.1) is 10.2 Å². The third kappa shape index (κ3) is 4.98. The Balaban J connectivity index is 2.29. The van der Waals surface area contributed by atoms with E-state index in [1.165, 1.54) is 11.3 Å². The van der Waals surface area contributed by atoms with Crippen LogP contribution in [-0.2, 0) is 6.54 Å².